The van der Waals surface area contributed by atoms with Gasteiger partial charge in [-0.3, -0.25) is 4.79 Å². The van der Waals surface area contributed by atoms with Gasteiger partial charge in [0.1, 0.15) is 0 Å². The molecule has 3 nitrogen and oxygen atoms in total. The number of piperidine rings is 1. The van der Waals surface area contributed by atoms with Crippen LogP contribution in [-0.2, 0) is 9.53 Å². The maximum Gasteiger partial charge on any atom is 0.308 e. The zero-order chi connectivity index (χ0) is 14.4. The summed E-state index contributed by atoms with van der Waals surface area (Å²) in [5.41, 5.74) is 0. The number of rotatable bonds is 5. The molecule has 1 aliphatic carbocycles. The molecule has 1 saturated carbocycles. The molecule has 116 valence electrons. The maximum atomic E-state index is 11.6. The lowest BCUT2D eigenvalue weighted by atomic mass is 9.83. The Bertz CT molecular complexity index is 289. The molecule has 2 fully saturated rings. The van der Waals surface area contributed by atoms with Gasteiger partial charge in [-0.25, -0.2) is 0 Å². The highest BCUT2D eigenvalue weighted by Crippen LogP contribution is 2.31. The Morgan fingerprint density at radius 1 is 1.10 bits per heavy atom. The summed E-state index contributed by atoms with van der Waals surface area (Å²) in [4.78, 5) is 14.2. The van der Waals surface area contributed by atoms with Gasteiger partial charge in [-0.15, -0.1) is 0 Å². The lowest BCUT2D eigenvalue weighted by Gasteiger charge is -2.40. The molecule has 1 saturated heterocycles. The predicted octanol–water partition coefficient (Wildman–Crippen LogP) is 3.62. The van der Waals surface area contributed by atoms with Crippen LogP contribution in [0.5, 0.6) is 0 Å². The maximum absolute atomic E-state index is 11.6. The van der Waals surface area contributed by atoms with Crippen molar-refractivity contribution < 1.29 is 9.53 Å². The molecule has 0 aromatic carbocycles. The van der Waals surface area contributed by atoms with E-state index in [4.69, 9.17) is 4.74 Å². The van der Waals surface area contributed by atoms with Crippen molar-refractivity contribution in [2.24, 2.45) is 11.8 Å². The quantitative estimate of drug-likeness (QED) is 0.721. The van der Waals surface area contributed by atoms with E-state index in [9.17, 15) is 4.79 Å². The van der Waals surface area contributed by atoms with Gasteiger partial charge in [-0.05, 0) is 57.5 Å². The smallest absolute Gasteiger partial charge is 0.308 e. The van der Waals surface area contributed by atoms with E-state index in [2.05, 4.69) is 11.8 Å². The van der Waals surface area contributed by atoms with Gasteiger partial charge in [-0.2, -0.15) is 0 Å². The molecule has 2 rings (SSSR count). The fourth-order valence-electron chi connectivity index (χ4n) is 3.94. The molecule has 0 bridgehead atoms. The van der Waals surface area contributed by atoms with Crippen molar-refractivity contribution in [3.05, 3.63) is 0 Å². The number of ether oxygens (including phenoxy) is 1. The molecule has 20 heavy (non-hydrogen) atoms. The third-order valence-corrected chi connectivity index (χ3v) is 5.36. The van der Waals surface area contributed by atoms with Crippen LogP contribution in [0, 0.1) is 11.8 Å². The Kier molecular flexibility index (Phi) is 6.34. The average Bonchev–Trinajstić information content (AvgIpc) is 2.53. The van der Waals surface area contributed by atoms with Crippen molar-refractivity contribution in [1.29, 1.82) is 0 Å². The SMILES string of the molecule is CCCCC1CCN([C@H]2CC[C@H](C(=O)OC)CC2)CC1. The summed E-state index contributed by atoms with van der Waals surface area (Å²) in [5, 5.41) is 0. The van der Waals surface area contributed by atoms with Crippen LogP contribution in [0.4, 0.5) is 0 Å². The van der Waals surface area contributed by atoms with E-state index in [0.717, 1.165) is 24.8 Å². The topological polar surface area (TPSA) is 29.5 Å². The number of carbonyl (C=O) groups excluding carboxylic acids is 1. The second-order valence-corrected chi connectivity index (χ2v) is 6.65. The molecular formula is C17H31NO2. The van der Waals surface area contributed by atoms with Crippen molar-refractivity contribution in [2.75, 3.05) is 20.2 Å². The highest BCUT2D eigenvalue weighted by molar-refractivity contribution is 5.72. The summed E-state index contributed by atoms with van der Waals surface area (Å²) in [7, 11) is 1.51. The van der Waals surface area contributed by atoms with Gasteiger partial charge in [0.2, 0.25) is 0 Å². The van der Waals surface area contributed by atoms with E-state index in [1.54, 1.807) is 0 Å². The van der Waals surface area contributed by atoms with Gasteiger partial charge >= 0.3 is 5.97 Å². The minimum atomic E-state index is 0.00160. The minimum absolute atomic E-state index is 0.00160. The van der Waals surface area contributed by atoms with E-state index in [1.807, 2.05) is 0 Å². The van der Waals surface area contributed by atoms with Crippen LogP contribution < -0.4 is 0 Å². The number of carbonyl (C=O) groups is 1. The molecule has 0 unspecified atom stereocenters. The fourth-order valence-corrected chi connectivity index (χ4v) is 3.94. The molecule has 0 aromatic heterocycles. The van der Waals surface area contributed by atoms with Crippen LogP contribution in [0.1, 0.15) is 64.7 Å². The largest absolute Gasteiger partial charge is 0.469 e. The van der Waals surface area contributed by atoms with Gasteiger partial charge in [0.05, 0.1) is 13.0 Å². The van der Waals surface area contributed by atoms with Crippen LogP contribution in [0.25, 0.3) is 0 Å². The summed E-state index contributed by atoms with van der Waals surface area (Å²) in [6.07, 6.45) is 11.3. The Labute approximate surface area is 124 Å². The number of unbranched alkanes of at least 4 members (excludes halogenated alkanes) is 1. The number of likely N-dealkylation sites (tertiary alicyclic amines) is 1. The van der Waals surface area contributed by atoms with Crippen molar-refractivity contribution >= 4 is 5.97 Å². The second-order valence-electron chi connectivity index (χ2n) is 6.65. The monoisotopic (exact) mass is 281 g/mol. The Balaban J connectivity index is 1.69. The molecule has 0 aromatic rings. The van der Waals surface area contributed by atoms with Gasteiger partial charge in [0.25, 0.3) is 0 Å². The second kappa shape index (κ2) is 8.02. The summed E-state index contributed by atoms with van der Waals surface area (Å²) < 4.78 is 4.87. The first-order valence-corrected chi connectivity index (χ1v) is 8.56. The summed E-state index contributed by atoms with van der Waals surface area (Å²) in [6, 6.07) is 0.725. The van der Waals surface area contributed by atoms with Gasteiger partial charge < -0.3 is 9.64 Å². The molecule has 1 heterocycles. The van der Waals surface area contributed by atoms with Crippen LogP contribution in [-0.4, -0.2) is 37.1 Å². The average molecular weight is 281 g/mol. The molecule has 1 aliphatic heterocycles. The Morgan fingerprint density at radius 3 is 2.30 bits per heavy atom. The van der Waals surface area contributed by atoms with Crippen LogP contribution >= 0.6 is 0 Å². The molecule has 2 aliphatic rings. The first-order valence-electron chi connectivity index (χ1n) is 8.56. The highest BCUT2D eigenvalue weighted by atomic mass is 16.5. The molecule has 0 spiro atoms. The van der Waals surface area contributed by atoms with Gasteiger partial charge in [0.15, 0.2) is 0 Å². The lowest BCUT2D eigenvalue weighted by molar-refractivity contribution is -0.147. The first-order chi connectivity index (χ1) is 9.74. The van der Waals surface area contributed by atoms with Gasteiger partial charge in [-0.1, -0.05) is 26.2 Å². The summed E-state index contributed by atoms with van der Waals surface area (Å²) in [5.74, 6) is 1.14. The standard InChI is InChI=1S/C17H31NO2/c1-3-4-5-14-10-12-18(13-11-14)16-8-6-15(7-9-16)17(19)20-2/h14-16H,3-13H2,1-2H3/t15-,16-. The number of hydrogen-bond acceptors (Lipinski definition) is 3. The molecule has 0 N–H and O–H groups in total. The number of hydrogen-bond donors (Lipinski definition) is 0. The Hall–Kier alpha value is -0.570. The van der Waals surface area contributed by atoms with Crippen LogP contribution in [0.2, 0.25) is 0 Å². The molecule has 0 atom stereocenters. The van der Waals surface area contributed by atoms with E-state index < -0.39 is 0 Å². The minimum Gasteiger partial charge on any atom is -0.469 e. The highest BCUT2D eigenvalue weighted by Gasteiger charge is 2.31. The van der Waals surface area contributed by atoms with Crippen molar-refractivity contribution in [3.63, 3.8) is 0 Å². The van der Waals surface area contributed by atoms with Crippen LogP contribution in [0.3, 0.4) is 0 Å². The first kappa shape index (κ1) is 15.8. The lowest BCUT2D eigenvalue weighted by Crippen LogP contribution is -2.43. The third kappa shape index (κ3) is 4.21. The van der Waals surface area contributed by atoms with E-state index >= 15 is 0 Å². The third-order valence-electron chi connectivity index (χ3n) is 5.36. The zero-order valence-electron chi connectivity index (χ0n) is 13.3. The molecule has 0 amide bonds. The van der Waals surface area contributed by atoms with E-state index in [1.165, 1.54) is 65.1 Å². The normalized spacial score (nSPS) is 29.3. The van der Waals surface area contributed by atoms with E-state index in [-0.39, 0.29) is 11.9 Å². The van der Waals surface area contributed by atoms with Gasteiger partial charge in [0, 0.05) is 6.04 Å². The molecule has 3 heteroatoms. The van der Waals surface area contributed by atoms with Crippen LogP contribution in [0.15, 0.2) is 0 Å². The van der Waals surface area contributed by atoms with E-state index in [0.29, 0.717) is 0 Å². The summed E-state index contributed by atoms with van der Waals surface area (Å²) >= 11 is 0. The van der Waals surface area contributed by atoms with Crippen molar-refractivity contribution in [3.8, 4) is 0 Å². The number of esters is 1. The Morgan fingerprint density at radius 2 is 1.75 bits per heavy atom. The summed E-state index contributed by atoms with van der Waals surface area (Å²) in [6.45, 7) is 4.85. The molecular weight excluding hydrogens is 250 g/mol. The number of methoxy groups -OCH3 is 1. The number of nitrogens with zero attached hydrogens (tertiary/aromatic N) is 1. The molecule has 0 radical (unpaired) electrons. The van der Waals surface area contributed by atoms with Crippen molar-refractivity contribution in [1.82, 2.24) is 4.90 Å². The van der Waals surface area contributed by atoms with Crippen molar-refractivity contribution in [2.45, 2.75) is 70.8 Å². The fraction of sp³-hybridized carbons (Fsp3) is 0.941. The predicted molar refractivity (Wildman–Crippen MR) is 81.6 cm³/mol. The zero-order valence-corrected chi connectivity index (χ0v) is 13.3.